The van der Waals surface area contributed by atoms with Crippen LogP contribution in [0.5, 0.6) is 0 Å². The number of hydrogen-bond acceptors (Lipinski definition) is 4. The van der Waals surface area contributed by atoms with Crippen molar-refractivity contribution in [3.63, 3.8) is 0 Å². The quantitative estimate of drug-likeness (QED) is 0.807. The molecule has 1 atom stereocenters. The Bertz CT molecular complexity index is 362. The number of carbonyl (C=O) groups excluding carboxylic acids is 1. The highest BCUT2D eigenvalue weighted by Gasteiger charge is 2.19. The van der Waals surface area contributed by atoms with Crippen molar-refractivity contribution in [3.05, 3.63) is 16.1 Å². The molecule has 1 rings (SSSR count). The Morgan fingerprint density at radius 1 is 1.53 bits per heavy atom. The number of aromatic nitrogens is 1. The van der Waals surface area contributed by atoms with Crippen molar-refractivity contribution < 1.29 is 4.79 Å². The van der Waals surface area contributed by atoms with E-state index in [-0.39, 0.29) is 11.9 Å². The number of aryl methyl sites for hydroxylation is 1. The van der Waals surface area contributed by atoms with Crippen molar-refractivity contribution in [1.29, 1.82) is 0 Å². The maximum Gasteiger partial charge on any atom is 0.237 e. The van der Waals surface area contributed by atoms with Crippen LogP contribution in [-0.4, -0.2) is 30.5 Å². The van der Waals surface area contributed by atoms with E-state index in [1.54, 1.807) is 11.3 Å². The molecule has 0 unspecified atom stereocenters. The zero-order chi connectivity index (χ0) is 12.8. The average molecular weight is 255 g/mol. The highest BCUT2D eigenvalue weighted by Crippen LogP contribution is 2.12. The van der Waals surface area contributed by atoms with Crippen LogP contribution in [0.3, 0.4) is 0 Å². The zero-order valence-corrected chi connectivity index (χ0v) is 11.7. The first-order chi connectivity index (χ1) is 8.06. The molecule has 0 bridgehead atoms. The molecule has 0 aromatic carbocycles. The van der Waals surface area contributed by atoms with Crippen LogP contribution in [0.4, 0.5) is 0 Å². The molecule has 96 valence electrons. The lowest BCUT2D eigenvalue weighted by molar-refractivity contribution is -0.123. The van der Waals surface area contributed by atoms with Crippen LogP contribution >= 0.6 is 11.3 Å². The minimum Gasteiger partial charge on any atom is -0.354 e. The van der Waals surface area contributed by atoms with Crippen LogP contribution in [0.25, 0.3) is 0 Å². The first kappa shape index (κ1) is 14.1. The van der Waals surface area contributed by atoms with Gasteiger partial charge in [-0.05, 0) is 19.9 Å². The molecular weight excluding hydrogens is 234 g/mol. The summed E-state index contributed by atoms with van der Waals surface area (Å²) in [5.74, 6) is 0.370. The lowest BCUT2D eigenvalue weighted by atomic mass is 10.0. The van der Waals surface area contributed by atoms with E-state index in [4.69, 9.17) is 0 Å². The van der Waals surface area contributed by atoms with E-state index >= 15 is 0 Å². The molecule has 5 heteroatoms. The summed E-state index contributed by atoms with van der Waals surface area (Å²) >= 11 is 1.64. The van der Waals surface area contributed by atoms with Crippen molar-refractivity contribution in [1.82, 2.24) is 15.6 Å². The van der Waals surface area contributed by atoms with Crippen LogP contribution in [-0.2, 0) is 11.2 Å². The second-order valence-electron chi connectivity index (χ2n) is 4.41. The lowest BCUT2D eigenvalue weighted by Crippen LogP contribution is -2.46. The summed E-state index contributed by atoms with van der Waals surface area (Å²) in [5.41, 5.74) is 2.91. The van der Waals surface area contributed by atoms with Crippen LogP contribution in [0, 0.1) is 12.8 Å². The van der Waals surface area contributed by atoms with Gasteiger partial charge in [0.1, 0.15) is 0 Å². The smallest absolute Gasteiger partial charge is 0.237 e. The summed E-state index contributed by atoms with van der Waals surface area (Å²) in [6.07, 6.45) is 0.858. The average Bonchev–Trinajstić information content (AvgIpc) is 2.65. The molecule has 0 aliphatic heterocycles. The van der Waals surface area contributed by atoms with Gasteiger partial charge in [0, 0.05) is 17.8 Å². The van der Waals surface area contributed by atoms with Gasteiger partial charge < -0.3 is 10.6 Å². The molecule has 4 nitrogen and oxygen atoms in total. The number of amides is 1. The maximum atomic E-state index is 11.8. The first-order valence-corrected chi connectivity index (χ1v) is 6.78. The van der Waals surface area contributed by atoms with Crippen LogP contribution in [0.15, 0.2) is 5.51 Å². The highest BCUT2D eigenvalue weighted by atomic mass is 32.1. The molecule has 0 saturated heterocycles. The Morgan fingerprint density at radius 3 is 2.71 bits per heavy atom. The van der Waals surface area contributed by atoms with Gasteiger partial charge in [-0.2, -0.15) is 0 Å². The van der Waals surface area contributed by atoms with E-state index in [2.05, 4.69) is 15.6 Å². The number of likely N-dealkylation sites (N-methyl/N-ethyl adjacent to an activating group) is 1. The number of nitrogens with zero attached hydrogens (tertiary/aromatic N) is 1. The summed E-state index contributed by atoms with van der Waals surface area (Å²) in [6, 6.07) is -0.113. The SMILES string of the molecule is CN[C@H](C(=O)NCCc1scnc1C)C(C)C. The monoisotopic (exact) mass is 255 g/mol. The molecule has 0 radical (unpaired) electrons. The molecule has 2 N–H and O–H groups in total. The molecule has 0 fully saturated rings. The van der Waals surface area contributed by atoms with Crippen molar-refractivity contribution in [3.8, 4) is 0 Å². The normalized spacial score (nSPS) is 12.8. The number of hydrogen-bond donors (Lipinski definition) is 2. The molecule has 1 aromatic rings. The van der Waals surface area contributed by atoms with Gasteiger partial charge in [0.25, 0.3) is 0 Å². The number of thiazole rings is 1. The van der Waals surface area contributed by atoms with Crippen LogP contribution in [0.1, 0.15) is 24.4 Å². The van der Waals surface area contributed by atoms with Gasteiger partial charge in [-0.1, -0.05) is 13.8 Å². The fourth-order valence-corrected chi connectivity index (χ4v) is 2.52. The minimum absolute atomic E-state index is 0.0738. The van der Waals surface area contributed by atoms with Crippen molar-refractivity contribution in [2.24, 2.45) is 5.92 Å². The fourth-order valence-electron chi connectivity index (χ4n) is 1.74. The summed E-state index contributed by atoms with van der Waals surface area (Å²) in [4.78, 5) is 17.3. The van der Waals surface area contributed by atoms with Gasteiger partial charge in [0.2, 0.25) is 5.91 Å². The Labute approximate surface area is 107 Å². The predicted octanol–water partition coefficient (Wildman–Crippen LogP) is 1.35. The van der Waals surface area contributed by atoms with Crippen molar-refractivity contribution in [2.75, 3.05) is 13.6 Å². The number of nitrogens with one attached hydrogen (secondary N) is 2. The Kier molecular flexibility index (Phi) is 5.58. The maximum absolute atomic E-state index is 11.8. The topological polar surface area (TPSA) is 54.0 Å². The Balaban J connectivity index is 2.36. The van der Waals surface area contributed by atoms with Gasteiger partial charge in [0.15, 0.2) is 0 Å². The van der Waals surface area contributed by atoms with E-state index in [1.807, 2.05) is 33.3 Å². The summed E-state index contributed by atoms with van der Waals surface area (Å²) in [5, 5.41) is 5.99. The number of rotatable bonds is 6. The predicted molar refractivity (Wildman–Crippen MR) is 71.3 cm³/mol. The fraction of sp³-hybridized carbons (Fsp3) is 0.667. The summed E-state index contributed by atoms with van der Waals surface area (Å²) in [6.45, 7) is 6.74. The summed E-state index contributed by atoms with van der Waals surface area (Å²) < 4.78 is 0. The molecule has 0 saturated carbocycles. The molecule has 0 spiro atoms. The van der Waals surface area contributed by atoms with Crippen LogP contribution in [0.2, 0.25) is 0 Å². The molecule has 0 aliphatic carbocycles. The standard InChI is InChI=1S/C12H21N3OS/c1-8(2)11(13-4)12(16)14-6-5-10-9(3)15-7-17-10/h7-8,11,13H,5-6H2,1-4H3,(H,14,16)/t11-/m0/s1. The highest BCUT2D eigenvalue weighted by molar-refractivity contribution is 7.09. The third-order valence-electron chi connectivity index (χ3n) is 2.76. The lowest BCUT2D eigenvalue weighted by Gasteiger charge is -2.19. The van der Waals surface area contributed by atoms with E-state index in [9.17, 15) is 4.79 Å². The Hall–Kier alpha value is -0.940. The molecule has 1 aromatic heterocycles. The molecule has 0 aliphatic rings. The van der Waals surface area contributed by atoms with Gasteiger partial charge in [-0.15, -0.1) is 11.3 Å². The van der Waals surface area contributed by atoms with Crippen LogP contribution < -0.4 is 10.6 Å². The zero-order valence-electron chi connectivity index (χ0n) is 10.9. The van der Waals surface area contributed by atoms with Gasteiger partial charge in [-0.25, -0.2) is 4.98 Å². The van der Waals surface area contributed by atoms with E-state index in [1.165, 1.54) is 4.88 Å². The second kappa shape index (κ2) is 6.71. The van der Waals surface area contributed by atoms with Gasteiger partial charge >= 0.3 is 0 Å². The molecular formula is C12H21N3OS. The van der Waals surface area contributed by atoms with Crippen molar-refractivity contribution >= 4 is 17.2 Å². The van der Waals surface area contributed by atoms with E-state index < -0.39 is 0 Å². The first-order valence-electron chi connectivity index (χ1n) is 5.90. The van der Waals surface area contributed by atoms with Crippen molar-refractivity contribution in [2.45, 2.75) is 33.2 Å². The number of carbonyl (C=O) groups is 1. The minimum atomic E-state index is -0.113. The van der Waals surface area contributed by atoms with Gasteiger partial charge in [-0.3, -0.25) is 4.79 Å². The Morgan fingerprint density at radius 2 is 2.24 bits per heavy atom. The second-order valence-corrected chi connectivity index (χ2v) is 5.35. The molecule has 17 heavy (non-hydrogen) atoms. The largest absolute Gasteiger partial charge is 0.354 e. The molecule has 1 heterocycles. The summed E-state index contributed by atoms with van der Waals surface area (Å²) in [7, 11) is 1.82. The van der Waals surface area contributed by atoms with Gasteiger partial charge in [0.05, 0.1) is 17.2 Å². The van der Waals surface area contributed by atoms with E-state index in [0.717, 1.165) is 12.1 Å². The molecule has 1 amide bonds. The third kappa shape index (κ3) is 4.09. The van der Waals surface area contributed by atoms with E-state index in [0.29, 0.717) is 12.5 Å². The third-order valence-corrected chi connectivity index (χ3v) is 3.75.